The van der Waals surface area contributed by atoms with Crippen LogP contribution in [0.2, 0.25) is 0 Å². The number of nitrogens with one attached hydrogen (secondary N) is 2. The summed E-state index contributed by atoms with van der Waals surface area (Å²) in [7, 11) is 3.87. The molecule has 0 bridgehead atoms. The van der Waals surface area contributed by atoms with Crippen molar-refractivity contribution in [2.24, 2.45) is 7.05 Å². The zero-order valence-corrected chi connectivity index (χ0v) is 16.9. The van der Waals surface area contributed by atoms with Crippen molar-refractivity contribution in [1.82, 2.24) is 24.7 Å². The fourth-order valence-corrected chi connectivity index (χ4v) is 3.69. The lowest BCUT2D eigenvalue weighted by molar-refractivity contribution is 0.0951. The van der Waals surface area contributed by atoms with Crippen LogP contribution in [-0.2, 0) is 20.1 Å². The fourth-order valence-electron chi connectivity index (χ4n) is 3.69. The Morgan fingerprint density at radius 1 is 1.00 bits per heavy atom. The molecule has 152 valence electrons. The first-order chi connectivity index (χ1) is 14.0. The number of piperazine rings is 1. The molecule has 1 aliphatic rings. The van der Waals surface area contributed by atoms with Crippen LogP contribution in [0.3, 0.4) is 0 Å². The first kappa shape index (κ1) is 19.4. The van der Waals surface area contributed by atoms with E-state index in [-0.39, 0.29) is 11.6 Å². The van der Waals surface area contributed by atoms with Crippen molar-refractivity contribution in [3.63, 3.8) is 0 Å². The highest BCUT2D eigenvalue weighted by Crippen LogP contribution is 2.13. The number of hydrogen-bond acceptors (Lipinski definition) is 4. The third-order valence-electron chi connectivity index (χ3n) is 5.64. The molecule has 0 radical (unpaired) electrons. The van der Waals surface area contributed by atoms with E-state index in [2.05, 4.69) is 51.4 Å². The van der Waals surface area contributed by atoms with Crippen LogP contribution in [0.1, 0.15) is 21.5 Å². The van der Waals surface area contributed by atoms with Gasteiger partial charge in [0.2, 0.25) is 0 Å². The predicted molar refractivity (Wildman–Crippen MR) is 114 cm³/mol. The predicted octanol–water partition coefficient (Wildman–Crippen LogP) is 1.54. The zero-order chi connectivity index (χ0) is 20.4. The molecule has 1 amide bonds. The van der Waals surface area contributed by atoms with Crippen molar-refractivity contribution in [3.8, 4) is 0 Å². The molecule has 1 saturated heterocycles. The van der Waals surface area contributed by atoms with E-state index >= 15 is 0 Å². The summed E-state index contributed by atoms with van der Waals surface area (Å²) in [6.07, 6.45) is 0. The van der Waals surface area contributed by atoms with E-state index in [0.717, 1.165) is 43.8 Å². The molecule has 2 heterocycles. The van der Waals surface area contributed by atoms with Crippen LogP contribution in [0, 0.1) is 0 Å². The van der Waals surface area contributed by atoms with E-state index < -0.39 is 0 Å². The maximum atomic E-state index is 12.5. The Balaban J connectivity index is 1.34. The molecule has 4 rings (SSSR count). The summed E-state index contributed by atoms with van der Waals surface area (Å²) in [5.74, 6) is -0.155. The number of amides is 1. The van der Waals surface area contributed by atoms with Crippen LogP contribution in [-0.4, -0.2) is 58.5 Å². The highest BCUT2D eigenvalue weighted by molar-refractivity contribution is 5.97. The van der Waals surface area contributed by atoms with Gasteiger partial charge in [-0.15, -0.1) is 0 Å². The van der Waals surface area contributed by atoms with Gasteiger partial charge in [0.25, 0.3) is 5.91 Å². The Hall–Kier alpha value is -2.90. The van der Waals surface area contributed by atoms with E-state index in [1.54, 1.807) is 25.2 Å². The van der Waals surface area contributed by atoms with Gasteiger partial charge in [0.05, 0.1) is 11.0 Å². The summed E-state index contributed by atoms with van der Waals surface area (Å²) >= 11 is 0. The second kappa shape index (κ2) is 8.23. The number of H-pyrrole nitrogens is 1. The molecule has 0 aliphatic carbocycles. The molecule has 0 saturated carbocycles. The molecule has 1 aromatic heterocycles. The summed E-state index contributed by atoms with van der Waals surface area (Å²) in [5.41, 5.74) is 4.15. The first-order valence-electron chi connectivity index (χ1n) is 9.95. The van der Waals surface area contributed by atoms with Gasteiger partial charge in [0, 0.05) is 51.9 Å². The van der Waals surface area contributed by atoms with Crippen LogP contribution in [0.4, 0.5) is 0 Å². The molecule has 29 heavy (non-hydrogen) atoms. The fraction of sp³-hybridized carbons (Fsp3) is 0.364. The number of hydrogen-bond donors (Lipinski definition) is 2. The average molecular weight is 393 g/mol. The first-order valence-corrected chi connectivity index (χ1v) is 9.95. The van der Waals surface area contributed by atoms with Crippen LogP contribution >= 0.6 is 0 Å². The van der Waals surface area contributed by atoms with Gasteiger partial charge in [0.1, 0.15) is 0 Å². The van der Waals surface area contributed by atoms with Gasteiger partial charge in [0.15, 0.2) is 0 Å². The molecule has 2 N–H and O–H groups in total. The summed E-state index contributed by atoms with van der Waals surface area (Å²) < 4.78 is 1.53. The Morgan fingerprint density at radius 2 is 1.69 bits per heavy atom. The Bertz CT molecular complexity index is 1060. The van der Waals surface area contributed by atoms with Crippen molar-refractivity contribution in [2.45, 2.75) is 13.1 Å². The summed E-state index contributed by atoms with van der Waals surface area (Å²) in [4.78, 5) is 31.8. The molecular formula is C22H27N5O2. The number of rotatable bonds is 5. The summed E-state index contributed by atoms with van der Waals surface area (Å²) in [5, 5.41) is 2.95. The number of aromatic amines is 1. The van der Waals surface area contributed by atoms with Gasteiger partial charge >= 0.3 is 5.69 Å². The molecule has 0 atom stereocenters. The lowest BCUT2D eigenvalue weighted by atomic mass is 10.1. The molecule has 0 unspecified atom stereocenters. The molecule has 7 nitrogen and oxygen atoms in total. The van der Waals surface area contributed by atoms with Gasteiger partial charge in [-0.25, -0.2) is 4.79 Å². The minimum atomic E-state index is -0.186. The van der Waals surface area contributed by atoms with E-state index in [0.29, 0.717) is 17.6 Å². The molecule has 1 aliphatic heterocycles. The monoisotopic (exact) mass is 393 g/mol. The van der Waals surface area contributed by atoms with Crippen LogP contribution in [0.5, 0.6) is 0 Å². The second-order valence-electron chi connectivity index (χ2n) is 7.80. The summed E-state index contributed by atoms with van der Waals surface area (Å²) in [6.45, 7) is 5.88. The van der Waals surface area contributed by atoms with Gasteiger partial charge in [-0.2, -0.15) is 0 Å². The van der Waals surface area contributed by atoms with Crippen LogP contribution in [0.25, 0.3) is 11.0 Å². The number of carbonyl (C=O) groups is 1. The summed E-state index contributed by atoms with van der Waals surface area (Å²) in [6, 6.07) is 13.7. The average Bonchev–Trinajstić information content (AvgIpc) is 3.02. The molecular weight excluding hydrogens is 366 g/mol. The van der Waals surface area contributed by atoms with E-state index in [9.17, 15) is 9.59 Å². The highest BCUT2D eigenvalue weighted by atomic mass is 16.2. The van der Waals surface area contributed by atoms with Gasteiger partial charge in [-0.1, -0.05) is 24.3 Å². The van der Waals surface area contributed by atoms with Crippen LogP contribution < -0.4 is 11.0 Å². The standard InChI is InChI=1S/C22H27N5O2/c1-25-9-11-27(12-10-25)15-17-5-3-16(4-6-17)14-23-21(28)18-7-8-20-19(13-18)24-22(29)26(20)2/h3-8,13H,9-12,14-15H2,1-2H3,(H,23,28)(H,24,29). The number of aromatic nitrogens is 2. The molecule has 2 aromatic carbocycles. The number of carbonyl (C=O) groups excluding carboxylic acids is 1. The lowest BCUT2D eigenvalue weighted by Crippen LogP contribution is -2.43. The van der Waals surface area contributed by atoms with Crippen molar-refractivity contribution in [2.75, 3.05) is 33.2 Å². The smallest absolute Gasteiger partial charge is 0.326 e. The Labute approximate surface area is 169 Å². The third-order valence-corrected chi connectivity index (χ3v) is 5.64. The number of nitrogens with zero attached hydrogens (tertiary/aromatic N) is 3. The maximum absolute atomic E-state index is 12.5. The van der Waals surface area contributed by atoms with Crippen molar-refractivity contribution >= 4 is 16.9 Å². The number of aryl methyl sites for hydroxylation is 1. The number of benzene rings is 2. The topological polar surface area (TPSA) is 73.4 Å². The van der Waals surface area contributed by atoms with Gasteiger partial charge in [-0.3, -0.25) is 14.3 Å². The molecule has 1 fully saturated rings. The van der Waals surface area contributed by atoms with Crippen molar-refractivity contribution < 1.29 is 4.79 Å². The maximum Gasteiger partial charge on any atom is 0.326 e. The number of likely N-dealkylation sites (N-methyl/N-ethyl adjacent to an activating group) is 1. The number of imidazole rings is 1. The lowest BCUT2D eigenvalue weighted by Gasteiger charge is -2.32. The Morgan fingerprint density at radius 3 is 2.41 bits per heavy atom. The molecule has 0 spiro atoms. The van der Waals surface area contributed by atoms with Gasteiger partial charge in [-0.05, 0) is 36.4 Å². The third kappa shape index (κ3) is 4.41. The molecule has 3 aromatic rings. The van der Waals surface area contributed by atoms with E-state index in [1.165, 1.54) is 10.1 Å². The van der Waals surface area contributed by atoms with Crippen molar-refractivity contribution in [1.29, 1.82) is 0 Å². The van der Waals surface area contributed by atoms with Crippen molar-refractivity contribution in [3.05, 3.63) is 69.6 Å². The van der Waals surface area contributed by atoms with Gasteiger partial charge < -0.3 is 15.2 Å². The highest BCUT2D eigenvalue weighted by Gasteiger charge is 2.14. The van der Waals surface area contributed by atoms with E-state index in [1.807, 2.05) is 0 Å². The normalized spacial score (nSPS) is 15.7. The van der Waals surface area contributed by atoms with E-state index in [4.69, 9.17) is 0 Å². The largest absolute Gasteiger partial charge is 0.348 e. The quantitative estimate of drug-likeness (QED) is 0.690. The SMILES string of the molecule is CN1CCN(Cc2ccc(CNC(=O)c3ccc4c(c3)[nH]c(=O)n4C)cc2)CC1. The zero-order valence-electron chi connectivity index (χ0n) is 16.9. The minimum Gasteiger partial charge on any atom is -0.348 e. The Kier molecular flexibility index (Phi) is 5.51. The molecule has 7 heteroatoms. The minimum absolute atomic E-state index is 0.155. The number of fused-ring (bicyclic) bond motifs is 1. The second-order valence-corrected chi connectivity index (χ2v) is 7.80. The van der Waals surface area contributed by atoms with Crippen LogP contribution in [0.15, 0.2) is 47.3 Å².